The molecule has 2 nitrogen and oxygen atoms in total. The number of thiazole rings is 1. The van der Waals surface area contributed by atoms with Crippen molar-refractivity contribution in [2.75, 3.05) is 0 Å². The SMILES string of the molecule is CC(=O)Cc1cnc(Cc2ccccc2C(F)(F)F)s1. The predicted octanol–water partition coefficient (Wildman–Crippen LogP) is 3.88. The van der Waals surface area contributed by atoms with Crippen molar-refractivity contribution in [2.24, 2.45) is 0 Å². The molecule has 1 aromatic heterocycles. The highest BCUT2D eigenvalue weighted by Crippen LogP contribution is 2.33. The summed E-state index contributed by atoms with van der Waals surface area (Å²) < 4.78 is 38.6. The molecule has 1 aromatic carbocycles. The highest BCUT2D eigenvalue weighted by atomic mass is 32.1. The summed E-state index contributed by atoms with van der Waals surface area (Å²) in [6.45, 7) is 1.47. The van der Waals surface area contributed by atoms with Crippen LogP contribution in [0.25, 0.3) is 0 Å². The Morgan fingerprint density at radius 3 is 2.65 bits per heavy atom. The molecule has 2 aromatic rings. The Kier molecular flexibility index (Phi) is 4.23. The number of carbonyl (C=O) groups excluding carboxylic acids is 1. The van der Waals surface area contributed by atoms with Crippen LogP contribution in [0.2, 0.25) is 0 Å². The van der Waals surface area contributed by atoms with Gasteiger partial charge in [0.05, 0.1) is 10.6 Å². The van der Waals surface area contributed by atoms with Gasteiger partial charge in [-0.2, -0.15) is 13.2 Å². The lowest BCUT2D eigenvalue weighted by Gasteiger charge is -2.11. The van der Waals surface area contributed by atoms with E-state index in [4.69, 9.17) is 0 Å². The van der Waals surface area contributed by atoms with E-state index in [-0.39, 0.29) is 24.2 Å². The van der Waals surface area contributed by atoms with E-state index in [0.29, 0.717) is 5.01 Å². The van der Waals surface area contributed by atoms with E-state index in [9.17, 15) is 18.0 Å². The van der Waals surface area contributed by atoms with Gasteiger partial charge in [0.2, 0.25) is 0 Å². The topological polar surface area (TPSA) is 30.0 Å². The average Bonchev–Trinajstić information content (AvgIpc) is 2.75. The summed E-state index contributed by atoms with van der Waals surface area (Å²) in [5.74, 6) is 0.0101. The molecule has 0 atom stereocenters. The van der Waals surface area contributed by atoms with Crippen LogP contribution >= 0.6 is 11.3 Å². The molecule has 2 rings (SSSR count). The number of Topliss-reactive ketones (excluding diaryl/α,β-unsaturated/α-hetero) is 1. The van der Waals surface area contributed by atoms with Gasteiger partial charge in [0.15, 0.2) is 0 Å². The van der Waals surface area contributed by atoms with Crippen LogP contribution in [0.3, 0.4) is 0 Å². The summed E-state index contributed by atoms with van der Waals surface area (Å²) in [4.78, 5) is 15.9. The average molecular weight is 299 g/mol. The smallest absolute Gasteiger partial charge is 0.300 e. The maximum atomic E-state index is 12.9. The number of nitrogens with zero attached hydrogens (tertiary/aromatic N) is 1. The highest BCUT2D eigenvalue weighted by Gasteiger charge is 2.32. The number of hydrogen-bond acceptors (Lipinski definition) is 3. The van der Waals surface area contributed by atoms with Crippen LogP contribution in [0.15, 0.2) is 30.5 Å². The van der Waals surface area contributed by atoms with Crippen molar-refractivity contribution >= 4 is 17.1 Å². The van der Waals surface area contributed by atoms with Crippen LogP contribution < -0.4 is 0 Å². The second-order valence-corrected chi connectivity index (χ2v) is 5.63. The first kappa shape index (κ1) is 14.7. The van der Waals surface area contributed by atoms with Gasteiger partial charge in [-0.1, -0.05) is 18.2 Å². The van der Waals surface area contributed by atoms with E-state index in [1.54, 1.807) is 12.3 Å². The number of benzene rings is 1. The standard InChI is InChI=1S/C14H12F3NOS/c1-9(19)6-11-8-18-13(20-11)7-10-4-2-3-5-12(10)14(15,16)17/h2-5,8H,6-7H2,1H3. The van der Waals surface area contributed by atoms with Crippen LogP contribution in [-0.4, -0.2) is 10.8 Å². The molecular formula is C14H12F3NOS. The minimum absolute atomic E-state index is 0.0101. The van der Waals surface area contributed by atoms with E-state index in [1.165, 1.54) is 30.4 Å². The molecule has 106 valence electrons. The Morgan fingerprint density at radius 2 is 2.00 bits per heavy atom. The molecule has 20 heavy (non-hydrogen) atoms. The highest BCUT2D eigenvalue weighted by molar-refractivity contribution is 7.11. The summed E-state index contributed by atoms with van der Waals surface area (Å²) >= 11 is 1.28. The minimum atomic E-state index is -4.37. The molecule has 0 radical (unpaired) electrons. The molecule has 0 fully saturated rings. The summed E-state index contributed by atoms with van der Waals surface area (Å²) in [7, 11) is 0. The van der Waals surface area contributed by atoms with Crippen LogP contribution in [-0.2, 0) is 23.8 Å². The van der Waals surface area contributed by atoms with Crippen LogP contribution in [0, 0.1) is 0 Å². The van der Waals surface area contributed by atoms with Gasteiger partial charge >= 0.3 is 6.18 Å². The van der Waals surface area contributed by atoms with Crippen molar-refractivity contribution in [2.45, 2.75) is 25.9 Å². The monoisotopic (exact) mass is 299 g/mol. The minimum Gasteiger partial charge on any atom is -0.300 e. The third kappa shape index (κ3) is 3.66. The number of carbonyl (C=O) groups is 1. The third-order valence-corrected chi connectivity index (χ3v) is 3.69. The van der Waals surface area contributed by atoms with Gasteiger partial charge in [-0.3, -0.25) is 4.79 Å². The Morgan fingerprint density at radius 1 is 1.30 bits per heavy atom. The van der Waals surface area contributed by atoms with E-state index < -0.39 is 11.7 Å². The van der Waals surface area contributed by atoms with Crippen molar-refractivity contribution < 1.29 is 18.0 Å². The third-order valence-electron chi connectivity index (χ3n) is 2.69. The van der Waals surface area contributed by atoms with Crippen molar-refractivity contribution in [1.82, 2.24) is 4.98 Å². The first-order valence-corrected chi connectivity index (χ1v) is 6.76. The zero-order valence-corrected chi connectivity index (χ0v) is 11.5. The summed E-state index contributed by atoms with van der Waals surface area (Å²) in [5, 5.41) is 0.581. The fourth-order valence-corrected chi connectivity index (χ4v) is 2.89. The number of hydrogen-bond donors (Lipinski definition) is 0. The molecule has 0 spiro atoms. The number of aromatic nitrogens is 1. The van der Waals surface area contributed by atoms with Gasteiger partial charge in [-0.15, -0.1) is 11.3 Å². The molecule has 0 aliphatic carbocycles. The molecule has 6 heteroatoms. The number of halogens is 3. The molecule has 0 bridgehead atoms. The number of ketones is 1. The van der Waals surface area contributed by atoms with Gasteiger partial charge in [0.25, 0.3) is 0 Å². The quantitative estimate of drug-likeness (QED) is 0.857. The maximum absolute atomic E-state index is 12.9. The van der Waals surface area contributed by atoms with Gasteiger partial charge in [-0.05, 0) is 18.6 Å². The van der Waals surface area contributed by atoms with Crippen molar-refractivity contribution in [1.29, 1.82) is 0 Å². The lowest BCUT2D eigenvalue weighted by molar-refractivity contribution is -0.138. The van der Waals surface area contributed by atoms with E-state index >= 15 is 0 Å². The zero-order chi connectivity index (χ0) is 14.8. The lowest BCUT2D eigenvalue weighted by atomic mass is 10.0. The molecule has 0 N–H and O–H groups in total. The Labute approximate surface area is 118 Å². The van der Waals surface area contributed by atoms with Crippen LogP contribution in [0.1, 0.15) is 27.9 Å². The second kappa shape index (κ2) is 5.75. The number of rotatable bonds is 4. The molecular weight excluding hydrogens is 287 g/mol. The molecule has 0 aliphatic rings. The molecule has 1 heterocycles. The molecule has 0 aliphatic heterocycles. The lowest BCUT2D eigenvalue weighted by Crippen LogP contribution is -2.09. The summed E-state index contributed by atoms with van der Waals surface area (Å²) in [6, 6.07) is 5.47. The fraction of sp³-hybridized carbons (Fsp3) is 0.286. The Hall–Kier alpha value is -1.69. The van der Waals surface area contributed by atoms with Gasteiger partial charge in [0.1, 0.15) is 5.78 Å². The van der Waals surface area contributed by atoms with Crippen LogP contribution in [0.4, 0.5) is 13.2 Å². The van der Waals surface area contributed by atoms with E-state index in [1.807, 2.05) is 0 Å². The Bertz CT molecular complexity index is 619. The Balaban J connectivity index is 2.22. The molecule has 0 unspecified atom stereocenters. The molecule has 0 amide bonds. The van der Waals surface area contributed by atoms with Crippen molar-refractivity contribution in [3.8, 4) is 0 Å². The zero-order valence-electron chi connectivity index (χ0n) is 10.7. The van der Waals surface area contributed by atoms with E-state index in [2.05, 4.69) is 4.98 Å². The fourth-order valence-electron chi connectivity index (χ4n) is 1.87. The number of alkyl halides is 3. The van der Waals surface area contributed by atoms with E-state index in [0.717, 1.165) is 10.9 Å². The van der Waals surface area contributed by atoms with Crippen LogP contribution in [0.5, 0.6) is 0 Å². The van der Waals surface area contributed by atoms with Gasteiger partial charge < -0.3 is 0 Å². The molecule has 0 saturated carbocycles. The maximum Gasteiger partial charge on any atom is 0.416 e. The normalized spacial score (nSPS) is 11.6. The largest absolute Gasteiger partial charge is 0.416 e. The first-order valence-electron chi connectivity index (χ1n) is 5.94. The van der Waals surface area contributed by atoms with Gasteiger partial charge in [0, 0.05) is 23.9 Å². The summed E-state index contributed by atoms with van der Waals surface area (Å²) in [6.07, 6.45) is -2.41. The first-order chi connectivity index (χ1) is 9.36. The second-order valence-electron chi connectivity index (χ2n) is 4.43. The van der Waals surface area contributed by atoms with Gasteiger partial charge in [-0.25, -0.2) is 4.98 Å². The predicted molar refractivity (Wildman–Crippen MR) is 70.7 cm³/mol. The summed E-state index contributed by atoms with van der Waals surface area (Å²) in [5.41, 5.74) is -0.438. The van der Waals surface area contributed by atoms with Crippen molar-refractivity contribution in [3.63, 3.8) is 0 Å². The van der Waals surface area contributed by atoms with Crippen molar-refractivity contribution in [3.05, 3.63) is 51.5 Å². The molecule has 0 saturated heterocycles.